The van der Waals surface area contributed by atoms with Crippen LogP contribution in [0.25, 0.3) is 0 Å². The first-order chi connectivity index (χ1) is 13.5. The SMILES string of the molecule is O=[N+]([O-])c1ccccc1S(=O)(=O)C1NCCNCCCNCc2cccc1n2. The standard InChI is InChI=1S/C18H23N5O4S/c24-23(25)16-7-1-2-8-17(16)28(26,27)18-15-6-3-5-14(22-15)13-20-10-4-9-19-11-12-21-18/h1-3,5-8,18-21H,4,9-13H2. The molecule has 0 aliphatic carbocycles. The zero-order valence-electron chi connectivity index (χ0n) is 15.3. The van der Waals surface area contributed by atoms with Gasteiger partial charge in [-0.05, 0) is 37.7 Å². The van der Waals surface area contributed by atoms with Gasteiger partial charge in [0.1, 0.15) is 4.90 Å². The number of benzene rings is 1. The van der Waals surface area contributed by atoms with E-state index in [1.54, 1.807) is 12.1 Å². The fraction of sp³-hybridized carbons (Fsp3) is 0.389. The average molecular weight is 405 g/mol. The largest absolute Gasteiger partial charge is 0.315 e. The van der Waals surface area contributed by atoms with Gasteiger partial charge in [0.05, 0.1) is 16.3 Å². The van der Waals surface area contributed by atoms with Gasteiger partial charge in [-0.3, -0.25) is 20.4 Å². The Bertz CT molecular complexity index is 935. The van der Waals surface area contributed by atoms with E-state index in [0.29, 0.717) is 31.0 Å². The Hall–Kier alpha value is -2.40. The molecule has 0 spiro atoms. The lowest BCUT2D eigenvalue weighted by Crippen LogP contribution is -2.35. The van der Waals surface area contributed by atoms with Crippen molar-refractivity contribution in [1.29, 1.82) is 0 Å². The van der Waals surface area contributed by atoms with E-state index in [1.807, 2.05) is 6.07 Å². The van der Waals surface area contributed by atoms with Crippen LogP contribution < -0.4 is 16.0 Å². The summed E-state index contributed by atoms with van der Waals surface area (Å²) in [4.78, 5) is 14.9. The van der Waals surface area contributed by atoms with Crippen LogP contribution in [0.5, 0.6) is 0 Å². The van der Waals surface area contributed by atoms with Gasteiger partial charge in [-0.15, -0.1) is 0 Å². The smallest absolute Gasteiger partial charge is 0.288 e. The van der Waals surface area contributed by atoms with Crippen LogP contribution in [-0.2, 0) is 16.4 Å². The van der Waals surface area contributed by atoms with E-state index in [2.05, 4.69) is 20.9 Å². The maximum atomic E-state index is 13.4. The Balaban J connectivity index is 2.03. The van der Waals surface area contributed by atoms with Crippen molar-refractivity contribution in [3.8, 4) is 0 Å². The predicted octanol–water partition coefficient (Wildman–Crippen LogP) is 1.13. The number of para-hydroxylation sites is 1. The van der Waals surface area contributed by atoms with Crippen LogP contribution in [-0.4, -0.2) is 44.5 Å². The van der Waals surface area contributed by atoms with Crippen molar-refractivity contribution >= 4 is 15.5 Å². The van der Waals surface area contributed by atoms with Crippen molar-refractivity contribution < 1.29 is 13.3 Å². The van der Waals surface area contributed by atoms with Crippen molar-refractivity contribution in [3.63, 3.8) is 0 Å². The summed E-state index contributed by atoms with van der Waals surface area (Å²) in [5, 5.41) is 19.7. The van der Waals surface area contributed by atoms with Gasteiger partial charge in [0, 0.05) is 25.7 Å². The number of rotatable bonds is 3. The quantitative estimate of drug-likeness (QED) is 0.512. The molecule has 0 saturated carbocycles. The molecule has 2 heterocycles. The zero-order chi connectivity index (χ0) is 20.0. The number of nitrogens with one attached hydrogen (secondary N) is 3. The lowest BCUT2D eigenvalue weighted by atomic mass is 10.3. The first-order valence-corrected chi connectivity index (χ1v) is 10.6. The van der Waals surface area contributed by atoms with Crippen LogP contribution in [0.2, 0.25) is 0 Å². The molecule has 28 heavy (non-hydrogen) atoms. The Kier molecular flexibility index (Phi) is 6.68. The minimum absolute atomic E-state index is 0.316. The number of fused-ring (bicyclic) bond motifs is 2. The molecule has 1 aliphatic rings. The van der Waals surface area contributed by atoms with Gasteiger partial charge < -0.3 is 10.6 Å². The van der Waals surface area contributed by atoms with Gasteiger partial charge >= 0.3 is 0 Å². The van der Waals surface area contributed by atoms with E-state index >= 15 is 0 Å². The zero-order valence-corrected chi connectivity index (χ0v) is 16.1. The molecular formula is C18H23N5O4S. The molecule has 3 N–H and O–H groups in total. The summed E-state index contributed by atoms with van der Waals surface area (Å²) in [5.41, 5.74) is 0.592. The summed E-state index contributed by atoms with van der Waals surface area (Å²) in [6.07, 6.45) is 0.942. The second-order valence-electron chi connectivity index (χ2n) is 6.44. The van der Waals surface area contributed by atoms with Crippen LogP contribution in [0, 0.1) is 10.1 Å². The number of sulfone groups is 1. The second kappa shape index (κ2) is 9.20. The fourth-order valence-corrected chi connectivity index (χ4v) is 4.81. The van der Waals surface area contributed by atoms with E-state index < -0.39 is 25.8 Å². The van der Waals surface area contributed by atoms with Crippen LogP contribution >= 0.6 is 0 Å². The number of nitro benzene ring substituents is 1. The molecule has 2 bridgehead atoms. The van der Waals surface area contributed by atoms with E-state index in [0.717, 1.165) is 19.5 Å². The molecule has 0 saturated heterocycles. The molecule has 0 radical (unpaired) electrons. The predicted molar refractivity (Wildman–Crippen MR) is 104 cm³/mol. The third-order valence-corrected chi connectivity index (χ3v) is 6.41. The minimum atomic E-state index is -4.10. The number of pyridine rings is 1. The van der Waals surface area contributed by atoms with Crippen LogP contribution in [0.1, 0.15) is 23.2 Å². The van der Waals surface area contributed by atoms with Crippen LogP contribution in [0.15, 0.2) is 47.4 Å². The topological polar surface area (TPSA) is 126 Å². The summed E-state index contributed by atoms with van der Waals surface area (Å²) in [6.45, 7) is 3.10. The van der Waals surface area contributed by atoms with E-state index in [1.165, 1.54) is 24.3 Å². The van der Waals surface area contributed by atoms with Crippen molar-refractivity contribution in [1.82, 2.24) is 20.9 Å². The first kappa shape index (κ1) is 20.3. The third-order valence-electron chi connectivity index (χ3n) is 4.42. The van der Waals surface area contributed by atoms with Gasteiger partial charge in [0.15, 0.2) is 5.37 Å². The molecule has 150 valence electrons. The Morgan fingerprint density at radius 2 is 1.79 bits per heavy atom. The molecule has 1 unspecified atom stereocenters. The molecule has 0 amide bonds. The number of aromatic nitrogens is 1. The van der Waals surface area contributed by atoms with Crippen molar-refractivity contribution in [2.45, 2.75) is 23.2 Å². The molecule has 0 fully saturated rings. The Morgan fingerprint density at radius 1 is 1.00 bits per heavy atom. The monoisotopic (exact) mass is 405 g/mol. The normalized spacial score (nSPS) is 19.1. The maximum absolute atomic E-state index is 13.4. The Morgan fingerprint density at radius 3 is 2.61 bits per heavy atom. The summed E-state index contributed by atoms with van der Waals surface area (Å²) in [6, 6.07) is 10.6. The highest BCUT2D eigenvalue weighted by Crippen LogP contribution is 2.31. The highest BCUT2D eigenvalue weighted by Gasteiger charge is 2.35. The summed E-state index contributed by atoms with van der Waals surface area (Å²) in [7, 11) is -4.10. The number of nitrogens with zero attached hydrogens (tertiary/aromatic N) is 2. The summed E-state index contributed by atoms with van der Waals surface area (Å²) >= 11 is 0. The summed E-state index contributed by atoms with van der Waals surface area (Å²) < 4.78 is 26.7. The lowest BCUT2D eigenvalue weighted by Gasteiger charge is -2.19. The molecule has 1 aromatic heterocycles. The molecule has 1 aromatic carbocycles. The number of hydrogen-bond acceptors (Lipinski definition) is 8. The van der Waals surface area contributed by atoms with Gasteiger partial charge in [0.25, 0.3) is 5.69 Å². The minimum Gasteiger partial charge on any atom is -0.315 e. The van der Waals surface area contributed by atoms with Gasteiger partial charge in [-0.25, -0.2) is 8.42 Å². The highest BCUT2D eigenvalue weighted by atomic mass is 32.2. The molecule has 10 heteroatoms. The van der Waals surface area contributed by atoms with Gasteiger partial charge in [-0.1, -0.05) is 18.2 Å². The molecule has 2 aromatic rings. The molecular weight excluding hydrogens is 382 g/mol. The van der Waals surface area contributed by atoms with Crippen LogP contribution in [0.3, 0.4) is 0 Å². The molecule has 1 aliphatic heterocycles. The molecule has 3 rings (SSSR count). The molecule has 9 nitrogen and oxygen atoms in total. The van der Waals surface area contributed by atoms with Crippen molar-refractivity contribution in [2.75, 3.05) is 26.2 Å². The maximum Gasteiger partial charge on any atom is 0.288 e. The second-order valence-corrected chi connectivity index (χ2v) is 8.44. The van der Waals surface area contributed by atoms with Crippen LogP contribution in [0.4, 0.5) is 5.69 Å². The lowest BCUT2D eigenvalue weighted by molar-refractivity contribution is -0.387. The summed E-state index contributed by atoms with van der Waals surface area (Å²) in [5.74, 6) is 0. The number of nitro groups is 1. The van der Waals surface area contributed by atoms with Crippen molar-refractivity contribution in [2.24, 2.45) is 0 Å². The van der Waals surface area contributed by atoms with Gasteiger partial charge in [0.2, 0.25) is 9.84 Å². The first-order valence-electron chi connectivity index (χ1n) is 9.08. The number of hydrogen-bond donors (Lipinski definition) is 3. The van der Waals surface area contributed by atoms with Gasteiger partial charge in [-0.2, -0.15) is 0 Å². The third kappa shape index (κ3) is 4.71. The molecule has 1 atom stereocenters. The van der Waals surface area contributed by atoms with Crippen molar-refractivity contribution in [3.05, 3.63) is 64.0 Å². The highest BCUT2D eigenvalue weighted by molar-refractivity contribution is 7.91. The van der Waals surface area contributed by atoms with E-state index in [9.17, 15) is 18.5 Å². The fourth-order valence-electron chi connectivity index (χ4n) is 3.06. The van der Waals surface area contributed by atoms with E-state index in [-0.39, 0.29) is 4.90 Å². The van der Waals surface area contributed by atoms with E-state index in [4.69, 9.17) is 0 Å². The Labute approximate surface area is 163 Å². The average Bonchev–Trinajstić information content (AvgIpc) is 2.70.